The molecule has 23 heavy (non-hydrogen) atoms. The first-order valence-corrected chi connectivity index (χ1v) is 6.74. The van der Waals surface area contributed by atoms with E-state index in [2.05, 4.69) is 21.9 Å². The molecule has 0 heterocycles. The number of rotatable bonds is 8. The van der Waals surface area contributed by atoms with Gasteiger partial charge in [-0.1, -0.05) is 18.7 Å². The van der Waals surface area contributed by atoms with Crippen molar-refractivity contribution in [3.63, 3.8) is 0 Å². The maximum Gasteiger partial charge on any atom is 0.573 e. The molecule has 0 spiro atoms. The van der Waals surface area contributed by atoms with Crippen molar-refractivity contribution in [2.75, 3.05) is 13.7 Å². The van der Waals surface area contributed by atoms with Crippen molar-refractivity contribution in [2.45, 2.75) is 25.9 Å². The van der Waals surface area contributed by atoms with Crippen LogP contribution >= 0.6 is 0 Å². The molecular weight excluding hydrogens is 313 g/mol. The van der Waals surface area contributed by atoms with Crippen LogP contribution < -0.4 is 15.4 Å². The van der Waals surface area contributed by atoms with E-state index in [4.69, 9.17) is 4.74 Å². The van der Waals surface area contributed by atoms with Gasteiger partial charge in [-0.25, -0.2) is 0 Å². The zero-order valence-electron chi connectivity index (χ0n) is 12.9. The molecule has 0 aliphatic carbocycles. The number of ether oxygens (including phenoxy) is 2. The maximum absolute atomic E-state index is 12.1. The van der Waals surface area contributed by atoms with E-state index in [1.54, 1.807) is 6.92 Å². The van der Waals surface area contributed by atoms with E-state index in [0.29, 0.717) is 11.3 Å². The van der Waals surface area contributed by atoms with Gasteiger partial charge in [-0.3, -0.25) is 4.79 Å². The van der Waals surface area contributed by atoms with E-state index in [1.807, 2.05) is 0 Å². The van der Waals surface area contributed by atoms with Crippen LogP contribution in [0.25, 0.3) is 0 Å². The molecule has 5 nitrogen and oxygen atoms in total. The third kappa shape index (κ3) is 7.55. The second-order valence-electron chi connectivity index (χ2n) is 4.84. The van der Waals surface area contributed by atoms with Crippen molar-refractivity contribution in [3.8, 4) is 5.75 Å². The number of hydrogen-bond acceptors (Lipinski definition) is 4. The summed E-state index contributed by atoms with van der Waals surface area (Å²) >= 11 is 0. The van der Waals surface area contributed by atoms with Crippen LogP contribution in [0, 0.1) is 0 Å². The second-order valence-corrected chi connectivity index (χ2v) is 4.84. The van der Waals surface area contributed by atoms with Crippen LogP contribution in [0.2, 0.25) is 0 Å². The number of amides is 1. The van der Waals surface area contributed by atoms with Crippen molar-refractivity contribution >= 4 is 5.91 Å². The Bertz CT molecular complexity index is 530. The van der Waals surface area contributed by atoms with Gasteiger partial charge in [0.1, 0.15) is 11.8 Å². The van der Waals surface area contributed by atoms with Gasteiger partial charge >= 0.3 is 6.36 Å². The summed E-state index contributed by atoms with van der Waals surface area (Å²) in [6.45, 7) is 5.72. The fourth-order valence-electron chi connectivity index (χ4n) is 1.77. The zero-order valence-corrected chi connectivity index (χ0v) is 12.9. The molecule has 0 aliphatic heterocycles. The van der Waals surface area contributed by atoms with Crippen LogP contribution in [-0.4, -0.2) is 32.0 Å². The first kappa shape index (κ1) is 18.8. The molecule has 0 bridgehead atoms. The van der Waals surface area contributed by atoms with Gasteiger partial charge in [-0.2, -0.15) is 0 Å². The predicted octanol–water partition coefficient (Wildman–Crippen LogP) is 2.34. The van der Waals surface area contributed by atoms with Crippen LogP contribution in [0.15, 0.2) is 36.5 Å². The Morgan fingerprint density at radius 3 is 2.39 bits per heavy atom. The molecule has 0 unspecified atom stereocenters. The molecule has 1 rings (SSSR count). The largest absolute Gasteiger partial charge is 0.573 e. The van der Waals surface area contributed by atoms with E-state index >= 15 is 0 Å². The number of hydrogen-bond donors (Lipinski definition) is 2. The fraction of sp³-hybridized carbons (Fsp3) is 0.400. The molecule has 8 heteroatoms. The van der Waals surface area contributed by atoms with Gasteiger partial charge in [0.2, 0.25) is 5.91 Å². The Labute approximate surface area is 132 Å². The highest BCUT2D eigenvalue weighted by molar-refractivity contribution is 5.82. The summed E-state index contributed by atoms with van der Waals surface area (Å²) in [5, 5.41) is 5.55. The third-order valence-corrected chi connectivity index (χ3v) is 2.69. The standard InChI is InChI=1S/C15H19F3N2O3/c1-10(2)20-13(9-22-3)14(21)19-8-11-4-6-12(7-5-11)23-15(16,17)18/h4-7,13,20H,1,8-9H2,2-3H3,(H,19,21)/t13-/m1/s1. The van der Waals surface area contributed by atoms with Gasteiger partial charge in [-0.05, 0) is 24.6 Å². The SMILES string of the molecule is C=C(C)N[C@H](COC)C(=O)NCc1ccc(OC(F)(F)F)cc1. The second kappa shape index (κ2) is 8.42. The van der Waals surface area contributed by atoms with Gasteiger partial charge in [0.15, 0.2) is 0 Å². The molecular formula is C15H19F3N2O3. The van der Waals surface area contributed by atoms with Crippen LogP contribution in [0.3, 0.4) is 0 Å². The Morgan fingerprint density at radius 1 is 1.30 bits per heavy atom. The van der Waals surface area contributed by atoms with E-state index in [-0.39, 0.29) is 24.8 Å². The minimum Gasteiger partial charge on any atom is -0.406 e. The van der Waals surface area contributed by atoms with Crippen LogP contribution in [0.1, 0.15) is 12.5 Å². The van der Waals surface area contributed by atoms with Crippen LogP contribution in [0.4, 0.5) is 13.2 Å². The van der Waals surface area contributed by atoms with Crippen LogP contribution in [-0.2, 0) is 16.1 Å². The maximum atomic E-state index is 12.1. The van der Waals surface area contributed by atoms with Crippen molar-refractivity contribution in [1.29, 1.82) is 0 Å². The number of benzene rings is 1. The average Bonchev–Trinajstić information content (AvgIpc) is 2.43. The Hall–Kier alpha value is -2.22. The molecule has 2 N–H and O–H groups in total. The quantitative estimate of drug-likeness (QED) is 0.767. The number of alkyl halides is 3. The minimum atomic E-state index is -4.72. The first-order valence-electron chi connectivity index (χ1n) is 6.74. The van der Waals surface area contributed by atoms with Gasteiger partial charge in [0.05, 0.1) is 6.61 Å². The highest BCUT2D eigenvalue weighted by atomic mass is 19.4. The number of methoxy groups -OCH3 is 1. The summed E-state index contributed by atoms with van der Waals surface area (Å²) in [5.41, 5.74) is 1.26. The number of nitrogens with one attached hydrogen (secondary N) is 2. The summed E-state index contributed by atoms with van der Waals surface area (Å²) in [4.78, 5) is 12.0. The summed E-state index contributed by atoms with van der Waals surface area (Å²) in [5.74, 6) is -0.612. The molecule has 1 aromatic carbocycles. The summed E-state index contributed by atoms with van der Waals surface area (Å²) in [6, 6.07) is 4.67. The van der Waals surface area contributed by atoms with Gasteiger partial charge in [0, 0.05) is 19.4 Å². The fourth-order valence-corrected chi connectivity index (χ4v) is 1.77. The van der Waals surface area contributed by atoms with E-state index in [9.17, 15) is 18.0 Å². The molecule has 0 saturated carbocycles. The molecule has 0 fully saturated rings. The van der Waals surface area contributed by atoms with E-state index in [1.165, 1.54) is 31.4 Å². The lowest BCUT2D eigenvalue weighted by atomic mass is 10.2. The highest BCUT2D eigenvalue weighted by Crippen LogP contribution is 2.22. The summed E-state index contributed by atoms with van der Waals surface area (Å²) in [6.07, 6.45) is -4.72. The van der Waals surface area contributed by atoms with Gasteiger partial charge in [-0.15, -0.1) is 13.2 Å². The predicted molar refractivity (Wildman–Crippen MR) is 78.6 cm³/mol. The van der Waals surface area contributed by atoms with Crippen LogP contribution in [0.5, 0.6) is 5.75 Å². The molecule has 128 valence electrons. The molecule has 0 aromatic heterocycles. The monoisotopic (exact) mass is 332 g/mol. The smallest absolute Gasteiger partial charge is 0.406 e. The number of halogens is 3. The first-order chi connectivity index (χ1) is 10.7. The van der Waals surface area contributed by atoms with Crippen molar-refractivity contribution in [2.24, 2.45) is 0 Å². The number of allylic oxidation sites excluding steroid dienone is 1. The third-order valence-electron chi connectivity index (χ3n) is 2.69. The molecule has 1 aromatic rings. The van der Waals surface area contributed by atoms with Crippen molar-refractivity contribution < 1.29 is 27.4 Å². The molecule has 0 saturated heterocycles. The Morgan fingerprint density at radius 2 is 1.91 bits per heavy atom. The number of carbonyl (C=O) groups is 1. The highest BCUT2D eigenvalue weighted by Gasteiger charge is 2.30. The molecule has 0 aliphatic rings. The normalized spacial score (nSPS) is 12.4. The van der Waals surface area contributed by atoms with Gasteiger partial charge in [0.25, 0.3) is 0 Å². The zero-order chi connectivity index (χ0) is 17.5. The van der Waals surface area contributed by atoms with Crippen molar-refractivity contribution in [1.82, 2.24) is 10.6 Å². The lowest BCUT2D eigenvalue weighted by molar-refractivity contribution is -0.274. The summed E-state index contributed by atoms with van der Waals surface area (Å²) in [7, 11) is 1.47. The average molecular weight is 332 g/mol. The van der Waals surface area contributed by atoms with E-state index < -0.39 is 12.4 Å². The van der Waals surface area contributed by atoms with Crippen molar-refractivity contribution in [3.05, 3.63) is 42.1 Å². The molecule has 0 radical (unpaired) electrons. The number of carbonyl (C=O) groups excluding carboxylic acids is 1. The summed E-state index contributed by atoms with van der Waals surface area (Å²) < 4.78 is 44.9. The van der Waals surface area contributed by atoms with Gasteiger partial charge < -0.3 is 20.1 Å². The Balaban J connectivity index is 2.56. The molecule has 1 amide bonds. The van der Waals surface area contributed by atoms with E-state index in [0.717, 1.165) is 0 Å². The Kier molecular flexibility index (Phi) is 6.89. The molecule has 1 atom stereocenters. The lowest BCUT2D eigenvalue weighted by Gasteiger charge is -2.18. The lowest BCUT2D eigenvalue weighted by Crippen LogP contribution is -2.45. The minimum absolute atomic E-state index is 0.164. The topological polar surface area (TPSA) is 59.6 Å².